The lowest BCUT2D eigenvalue weighted by molar-refractivity contribution is -0.136. The summed E-state index contributed by atoms with van der Waals surface area (Å²) in [5.74, 6) is -1.72. The number of carbonyl (C=O) groups is 2. The summed E-state index contributed by atoms with van der Waals surface area (Å²) in [6.07, 6.45) is 2.89. The van der Waals surface area contributed by atoms with Crippen molar-refractivity contribution in [2.24, 2.45) is 5.92 Å². The normalized spacial score (nSPS) is 17.2. The van der Waals surface area contributed by atoms with Gasteiger partial charge >= 0.3 is 11.9 Å². The third kappa shape index (κ3) is 7.61. The van der Waals surface area contributed by atoms with Crippen LogP contribution in [-0.2, 0) is 14.3 Å². The summed E-state index contributed by atoms with van der Waals surface area (Å²) < 4.78 is 5.28. The number of carboxylic acids is 2. The first-order chi connectivity index (χ1) is 10.9. The van der Waals surface area contributed by atoms with E-state index in [1.807, 2.05) is 0 Å². The number of carboxylic acid groups (broad SMARTS) is 2. The van der Waals surface area contributed by atoms with E-state index in [0.29, 0.717) is 44.8 Å². The minimum atomic E-state index is -1.10. The van der Waals surface area contributed by atoms with Gasteiger partial charge in [-0.15, -0.1) is 0 Å². The molecular formula is C17H29NO5. The maximum absolute atomic E-state index is 11.5. The Labute approximate surface area is 138 Å². The molecule has 0 spiro atoms. The second-order valence-corrected chi connectivity index (χ2v) is 6.41. The van der Waals surface area contributed by atoms with Crippen molar-refractivity contribution >= 4 is 11.9 Å². The van der Waals surface area contributed by atoms with Crippen LogP contribution in [0.4, 0.5) is 0 Å². The summed E-state index contributed by atoms with van der Waals surface area (Å²) in [6, 6.07) is 0. The molecule has 2 N–H and O–H groups in total. The van der Waals surface area contributed by atoms with E-state index in [0.717, 1.165) is 26.1 Å². The highest BCUT2D eigenvalue weighted by Crippen LogP contribution is 2.20. The van der Waals surface area contributed by atoms with E-state index in [4.69, 9.17) is 4.74 Å². The number of hydrogen-bond donors (Lipinski definition) is 2. The largest absolute Gasteiger partial charge is 0.478 e. The Morgan fingerprint density at radius 3 is 2.00 bits per heavy atom. The van der Waals surface area contributed by atoms with E-state index in [1.54, 1.807) is 0 Å². The highest BCUT2D eigenvalue weighted by atomic mass is 16.5. The Balaban J connectivity index is 2.62. The van der Waals surface area contributed by atoms with Crippen molar-refractivity contribution in [1.29, 1.82) is 0 Å². The van der Waals surface area contributed by atoms with E-state index >= 15 is 0 Å². The molecular weight excluding hydrogens is 298 g/mol. The van der Waals surface area contributed by atoms with Gasteiger partial charge in [0.15, 0.2) is 0 Å². The van der Waals surface area contributed by atoms with Gasteiger partial charge in [-0.05, 0) is 38.1 Å². The lowest BCUT2D eigenvalue weighted by Crippen LogP contribution is -2.36. The van der Waals surface area contributed by atoms with Crippen LogP contribution in [0, 0.1) is 5.92 Å². The highest BCUT2D eigenvalue weighted by Gasteiger charge is 2.20. The van der Waals surface area contributed by atoms with Crippen molar-refractivity contribution in [3.05, 3.63) is 11.1 Å². The van der Waals surface area contributed by atoms with Crippen molar-refractivity contribution < 1.29 is 24.5 Å². The Hall–Kier alpha value is -1.40. The molecule has 0 saturated carbocycles. The number of hydrogen-bond acceptors (Lipinski definition) is 4. The van der Waals surface area contributed by atoms with Crippen LogP contribution in [0.1, 0.15) is 46.0 Å². The summed E-state index contributed by atoms with van der Waals surface area (Å²) in [4.78, 5) is 25.1. The summed E-state index contributed by atoms with van der Waals surface area (Å²) in [6.45, 7) is 8.04. The Kier molecular flexibility index (Phi) is 8.87. The van der Waals surface area contributed by atoms with Gasteiger partial charge in [0, 0.05) is 24.2 Å². The van der Waals surface area contributed by atoms with Crippen LogP contribution >= 0.6 is 0 Å². The predicted octanol–water partition coefficient (Wildman–Crippen LogP) is 2.39. The molecule has 1 rings (SSSR count). The molecule has 0 aromatic rings. The third-order valence-corrected chi connectivity index (χ3v) is 4.09. The smallest absolute Gasteiger partial charge is 0.332 e. The fraction of sp³-hybridized carbons (Fsp3) is 0.765. The van der Waals surface area contributed by atoms with Gasteiger partial charge in [-0.1, -0.05) is 20.3 Å². The Morgan fingerprint density at radius 2 is 1.52 bits per heavy atom. The zero-order chi connectivity index (χ0) is 17.2. The summed E-state index contributed by atoms with van der Waals surface area (Å²) >= 11 is 0. The molecule has 1 fully saturated rings. The lowest BCUT2D eigenvalue weighted by atomic mass is 9.96. The van der Waals surface area contributed by atoms with Gasteiger partial charge in [-0.2, -0.15) is 0 Å². The SMILES string of the molecule is CC(C)CCCC(C(=O)O)=C(CCCN1CCOCC1)C(=O)O. The van der Waals surface area contributed by atoms with E-state index in [2.05, 4.69) is 18.7 Å². The van der Waals surface area contributed by atoms with E-state index in [-0.39, 0.29) is 11.1 Å². The molecule has 0 amide bonds. The highest BCUT2D eigenvalue weighted by molar-refractivity contribution is 5.98. The van der Waals surface area contributed by atoms with E-state index in [1.165, 1.54) is 0 Å². The monoisotopic (exact) mass is 327 g/mol. The van der Waals surface area contributed by atoms with Crippen LogP contribution in [0.3, 0.4) is 0 Å². The number of ether oxygens (including phenoxy) is 1. The van der Waals surface area contributed by atoms with Gasteiger partial charge in [0.1, 0.15) is 0 Å². The maximum atomic E-state index is 11.5. The zero-order valence-corrected chi connectivity index (χ0v) is 14.2. The molecule has 0 atom stereocenters. The second kappa shape index (κ2) is 10.4. The molecule has 0 aromatic carbocycles. The van der Waals surface area contributed by atoms with Gasteiger partial charge in [-0.3, -0.25) is 4.90 Å². The first-order valence-corrected chi connectivity index (χ1v) is 8.40. The van der Waals surface area contributed by atoms with Crippen LogP contribution in [-0.4, -0.2) is 59.9 Å². The van der Waals surface area contributed by atoms with Gasteiger partial charge in [0.25, 0.3) is 0 Å². The van der Waals surface area contributed by atoms with Gasteiger partial charge in [0.2, 0.25) is 0 Å². The standard InChI is InChI=1S/C17H29NO5/c1-13(2)5-3-6-14(16(19)20)15(17(21)22)7-4-8-18-9-11-23-12-10-18/h13H,3-12H2,1-2H3,(H,19,20)(H,21,22). The third-order valence-electron chi connectivity index (χ3n) is 4.09. The molecule has 1 saturated heterocycles. The first-order valence-electron chi connectivity index (χ1n) is 8.40. The minimum Gasteiger partial charge on any atom is -0.478 e. The van der Waals surface area contributed by atoms with E-state index in [9.17, 15) is 19.8 Å². The number of rotatable bonds is 10. The number of aliphatic carboxylic acids is 2. The molecule has 0 bridgehead atoms. The van der Waals surface area contributed by atoms with Crippen molar-refractivity contribution in [2.75, 3.05) is 32.8 Å². The predicted molar refractivity (Wildman–Crippen MR) is 87.5 cm³/mol. The molecule has 1 aliphatic rings. The molecule has 6 nitrogen and oxygen atoms in total. The summed E-state index contributed by atoms with van der Waals surface area (Å²) in [5.41, 5.74) is 0.134. The van der Waals surface area contributed by atoms with Crippen LogP contribution in [0.5, 0.6) is 0 Å². The molecule has 6 heteroatoms. The second-order valence-electron chi connectivity index (χ2n) is 6.41. The van der Waals surface area contributed by atoms with Crippen molar-refractivity contribution in [2.45, 2.75) is 46.0 Å². The van der Waals surface area contributed by atoms with Crippen LogP contribution in [0.2, 0.25) is 0 Å². The molecule has 23 heavy (non-hydrogen) atoms. The average Bonchev–Trinajstić information content (AvgIpc) is 2.49. The summed E-state index contributed by atoms with van der Waals surface area (Å²) in [5, 5.41) is 18.7. The topological polar surface area (TPSA) is 87.1 Å². The summed E-state index contributed by atoms with van der Waals surface area (Å²) in [7, 11) is 0. The fourth-order valence-electron chi connectivity index (χ4n) is 2.77. The van der Waals surface area contributed by atoms with Crippen molar-refractivity contribution in [3.8, 4) is 0 Å². The van der Waals surface area contributed by atoms with Crippen LogP contribution in [0.25, 0.3) is 0 Å². The fourth-order valence-corrected chi connectivity index (χ4v) is 2.77. The maximum Gasteiger partial charge on any atom is 0.332 e. The van der Waals surface area contributed by atoms with Crippen LogP contribution in [0.15, 0.2) is 11.1 Å². The van der Waals surface area contributed by atoms with E-state index < -0.39 is 11.9 Å². The first kappa shape index (κ1) is 19.6. The van der Waals surface area contributed by atoms with Gasteiger partial charge < -0.3 is 14.9 Å². The molecule has 132 valence electrons. The quantitative estimate of drug-likeness (QED) is 0.599. The number of nitrogens with zero attached hydrogens (tertiary/aromatic N) is 1. The lowest BCUT2D eigenvalue weighted by Gasteiger charge is -2.26. The minimum absolute atomic E-state index is 0.0644. The van der Waals surface area contributed by atoms with Crippen molar-refractivity contribution in [3.63, 3.8) is 0 Å². The molecule has 1 aliphatic heterocycles. The van der Waals surface area contributed by atoms with Crippen molar-refractivity contribution in [1.82, 2.24) is 4.90 Å². The Morgan fingerprint density at radius 1 is 1.00 bits per heavy atom. The number of morpholine rings is 1. The molecule has 0 radical (unpaired) electrons. The van der Waals surface area contributed by atoms with Crippen LogP contribution < -0.4 is 0 Å². The average molecular weight is 327 g/mol. The zero-order valence-electron chi connectivity index (χ0n) is 14.2. The molecule has 1 heterocycles. The Bertz CT molecular complexity index is 425. The van der Waals surface area contributed by atoms with Gasteiger partial charge in [-0.25, -0.2) is 9.59 Å². The molecule has 0 aromatic heterocycles. The molecule has 0 aliphatic carbocycles. The van der Waals surface area contributed by atoms with Gasteiger partial charge in [0.05, 0.1) is 13.2 Å². The molecule has 0 unspecified atom stereocenters.